The predicted molar refractivity (Wildman–Crippen MR) is 125 cm³/mol. The minimum atomic E-state index is -0.966. The Morgan fingerprint density at radius 1 is 1.09 bits per heavy atom. The number of amides is 3. The van der Waals surface area contributed by atoms with E-state index in [0.29, 0.717) is 28.7 Å². The van der Waals surface area contributed by atoms with Gasteiger partial charge < -0.3 is 0 Å². The summed E-state index contributed by atoms with van der Waals surface area (Å²) in [5, 5.41) is 0.933. The fourth-order valence-electron chi connectivity index (χ4n) is 4.41. The third-order valence-corrected chi connectivity index (χ3v) is 7.30. The van der Waals surface area contributed by atoms with Gasteiger partial charge in [0.25, 0.3) is 5.91 Å². The Bertz CT molecular complexity index is 1210. The van der Waals surface area contributed by atoms with E-state index in [2.05, 4.69) is 4.98 Å². The molecule has 0 saturated carbocycles. The molecule has 162 valence electrons. The number of fused-ring (bicyclic) bond motifs is 2. The van der Waals surface area contributed by atoms with E-state index in [0.717, 1.165) is 15.1 Å². The first-order valence-electron chi connectivity index (χ1n) is 10.4. The minimum Gasteiger partial charge on any atom is -0.274 e. The summed E-state index contributed by atoms with van der Waals surface area (Å²) in [7, 11) is 0. The second-order valence-electron chi connectivity index (χ2n) is 8.00. The molecule has 1 saturated heterocycles. The van der Waals surface area contributed by atoms with E-state index in [1.165, 1.54) is 16.2 Å². The van der Waals surface area contributed by atoms with Crippen molar-refractivity contribution in [3.8, 4) is 0 Å². The van der Waals surface area contributed by atoms with Crippen molar-refractivity contribution in [1.82, 2.24) is 9.88 Å². The zero-order valence-corrected chi connectivity index (χ0v) is 18.8. The summed E-state index contributed by atoms with van der Waals surface area (Å²) < 4.78 is 0.931. The number of carbonyl (C=O) groups is 3. The van der Waals surface area contributed by atoms with Gasteiger partial charge in [0.05, 0.1) is 27.7 Å². The molecule has 2 aliphatic rings. The number of hydrogen-bond donors (Lipinski definition) is 0. The lowest BCUT2D eigenvalue weighted by Crippen LogP contribution is -2.48. The number of anilines is 2. The third-order valence-electron chi connectivity index (χ3n) is 6.05. The number of hydrogen-bond acceptors (Lipinski definition) is 5. The normalized spacial score (nSPS) is 21.1. The first kappa shape index (κ1) is 20.8. The van der Waals surface area contributed by atoms with Gasteiger partial charge in [0, 0.05) is 5.02 Å². The molecule has 3 atom stereocenters. The highest BCUT2D eigenvalue weighted by Gasteiger charge is 2.50. The van der Waals surface area contributed by atoms with Crippen molar-refractivity contribution in [2.24, 2.45) is 11.8 Å². The van der Waals surface area contributed by atoms with Crippen LogP contribution in [0.5, 0.6) is 0 Å². The van der Waals surface area contributed by atoms with Crippen LogP contribution in [-0.4, -0.2) is 33.6 Å². The summed E-state index contributed by atoms with van der Waals surface area (Å²) in [6.45, 7) is 1.60. The van der Waals surface area contributed by atoms with Gasteiger partial charge in [0.1, 0.15) is 6.04 Å². The topological polar surface area (TPSA) is 70.6 Å². The largest absolute Gasteiger partial charge is 0.274 e. The Hall–Kier alpha value is -3.03. The zero-order valence-electron chi connectivity index (χ0n) is 17.3. The lowest BCUT2D eigenvalue weighted by molar-refractivity contribution is -0.146. The standard InChI is InChI=1S/C24H20ClN3O3S/c1-14(27-22(30)17-9-2-3-10-18(17)23(27)31)21(29)28(16-8-6-7-15(25)13-16)24-26-19-11-4-5-12-20(19)32-24/h2-8,11-14,17-18H,9-10H2,1H3/t14-,17-,18-/m0/s1. The molecular weight excluding hydrogens is 446 g/mol. The highest BCUT2D eigenvalue weighted by atomic mass is 35.5. The van der Waals surface area contributed by atoms with E-state index in [9.17, 15) is 14.4 Å². The number of nitrogens with zero attached hydrogens (tertiary/aromatic N) is 3. The summed E-state index contributed by atoms with van der Waals surface area (Å²) in [6, 6.07) is 13.6. The van der Waals surface area contributed by atoms with Gasteiger partial charge in [0.2, 0.25) is 11.8 Å². The van der Waals surface area contributed by atoms with Crippen molar-refractivity contribution in [1.29, 1.82) is 0 Å². The molecule has 1 fully saturated rings. The van der Waals surface area contributed by atoms with Crippen molar-refractivity contribution in [3.63, 3.8) is 0 Å². The first-order valence-corrected chi connectivity index (χ1v) is 11.6. The van der Waals surface area contributed by atoms with Crippen molar-refractivity contribution >= 4 is 61.7 Å². The number of carbonyl (C=O) groups excluding carboxylic acids is 3. The van der Waals surface area contributed by atoms with Crippen LogP contribution in [0.1, 0.15) is 19.8 Å². The smallest absolute Gasteiger partial charge is 0.256 e. The van der Waals surface area contributed by atoms with Gasteiger partial charge in [0.15, 0.2) is 5.13 Å². The summed E-state index contributed by atoms with van der Waals surface area (Å²) in [5.41, 5.74) is 1.30. The minimum absolute atomic E-state index is 0.277. The van der Waals surface area contributed by atoms with Crippen molar-refractivity contribution in [3.05, 3.63) is 65.7 Å². The van der Waals surface area contributed by atoms with E-state index in [1.807, 2.05) is 36.4 Å². The molecule has 8 heteroatoms. The fourth-order valence-corrected chi connectivity index (χ4v) is 5.58. The lowest BCUT2D eigenvalue weighted by atomic mass is 9.85. The molecule has 0 spiro atoms. The number of allylic oxidation sites excluding steroid dienone is 2. The van der Waals surface area contributed by atoms with Gasteiger partial charge in [-0.05, 0) is 50.1 Å². The maximum absolute atomic E-state index is 13.8. The van der Waals surface area contributed by atoms with Crippen molar-refractivity contribution < 1.29 is 14.4 Å². The number of thiazole rings is 1. The molecule has 1 aromatic heterocycles. The SMILES string of the molecule is C[C@@H](C(=O)N(c1cccc(Cl)c1)c1nc2ccccc2s1)N1C(=O)[C@H]2CC=CC[C@@H]2C1=O. The second kappa shape index (κ2) is 8.15. The Labute approximate surface area is 194 Å². The summed E-state index contributed by atoms with van der Waals surface area (Å²) in [4.78, 5) is 47.2. The Balaban J connectivity index is 1.54. The highest BCUT2D eigenvalue weighted by molar-refractivity contribution is 7.22. The molecule has 1 aliphatic carbocycles. The van der Waals surface area contributed by atoms with Gasteiger partial charge in [-0.1, -0.05) is 53.3 Å². The first-order chi connectivity index (χ1) is 15.5. The Kier molecular flexibility index (Phi) is 5.31. The Morgan fingerprint density at radius 2 is 1.78 bits per heavy atom. The molecular formula is C24H20ClN3O3S. The quantitative estimate of drug-likeness (QED) is 0.403. The molecule has 3 amide bonds. The fraction of sp³-hybridized carbons (Fsp3) is 0.250. The predicted octanol–water partition coefficient (Wildman–Crippen LogP) is 4.95. The van der Waals surface area contributed by atoms with Gasteiger partial charge in [-0.15, -0.1) is 0 Å². The lowest BCUT2D eigenvalue weighted by Gasteiger charge is -2.28. The molecule has 32 heavy (non-hydrogen) atoms. The monoisotopic (exact) mass is 465 g/mol. The van der Waals surface area contributed by atoms with Crippen molar-refractivity contribution in [2.75, 3.05) is 4.90 Å². The average molecular weight is 466 g/mol. The molecule has 2 aromatic carbocycles. The van der Waals surface area contributed by atoms with Crippen LogP contribution in [-0.2, 0) is 14.4 Å². The molecule has 3 aromatic rings. The van der Waals surface area contributed by atoms with E-state index in [1.54, 1.807) is 31.2 Å². The molecule has 2 heterocycles. The van der Waals surface area contributed by atoms with E-state index in [-0.39, 0.29) is 23.7 Å². The van der Waals surface area contributed by atoms with Crippen LogP contribution in [0.2, 0.25) is 5.02 Å². The van der Waals surface area contributed by atoms with Gasteiger partial charge >= 0.3 is 0 Å². The molecule has 0 N–H and O–H groups in total. The van der Waals surface area contributed by atoms with Gasteiger partial charge in [-0.25, -0.2) is 4.98 Å². The maximum atomic E-state index is 13.8. The number of benzene rings is 2. The number of halogens is 1. The highest BCUT2D eigenvalue weighted by Crippen LogP contribution is 2.39. The number of aromatic nitrogens is 1. The number of para-hydroxylation sites is 1. The second-order valence-corrected chi connectivity index (χ2v) is 9.44. The maximum Gasteiger partial charge on any atom is 0.256 e. The number of rotatable bonds is 4. The summed E-state index contributed by atoms with van der Waals surface area (Å²) in [5.74, 6) is -1.73. The van der Waals surface area contributed by atoms with E-state index in [4.69, 9.17) is 11.6 Å². The van der Waals surface area contributed by atoms with Gasteiger partial charge in [-0.3, -0.25) is 24.2 Å². The van der Waals surface area contributed by atoms with Crippen LogP contribution in [0, 0.1) is 11.8 Å². The number of likely N-dealkylation sites (tertiary alicyclic amines) is 1. The van der Waals surface area contributed by atoms with Crippen LogP contribution in [0.4, 0.5) is 10.8 Å². The van der Waals surface area contributed by atoms with Crippen LogP contribution >= 0.6 is 22.9 Å². The zero-order chi connectivity index (χ0) is 22.4. The van der Waals surface area contributed by atoms with Crippen LogP contribution < -0.4 is 4.90 Å². The van der Waals surface area contributed by atoms with Crippen LogP contribution in [0.15, 0.2) is 60.7 Å². The average Bonchev–Trinajstić information content (AvgIpc) is 3.32. The Morgan fingerprint density at radius 3 is 2.44 bits per heavy atom. The van der Waals surface area contributed by atoms with Crippen molar-refractivity contribution in [2.45, 2.75) is 25.8 Å². The molecule has 6 nitrogen and oxygen atoms in total. The number of imide groups is 1. The van der Waals surface area contributed by atoms with E-state index >= 15 is 0 Å². The van der Waals surface area contributed by atoms with Crippen LogP contribution in [0.25, 0.3) is 10.2 Å². The summed E-state index contributed by atoms with van der Waals surface area (Å²) >= 11 is 7.58. The molecule has 0 unspecified atom stereocenters. The van der Waals surface area contributed by atoms with Crippen LogP contribution in [0.3, 0.4) is 0 Å². The summed E-state index contributed by atoms with van der Waals surface area (Å²) in [6.07, 6.45) is 4.93. The van der Waals surface area contributed by atoms with E-state index < -0.39 is 11.9 Å². The molecule has 5 rings (SSSR count). The third kappa shape index (κ3) is 3.42. The van der Waals surface area contributed by atoms with Gasteiger partial charge in [-0.2, -0.15) is 0 Å². The molecule has 0 bridgehead atoms. The molecule has 0 radical (unpaired) electrons. The molecule has 1 aliphatic heterocycles.